The van der Waals surface area contributed by atoms with Gasteiger partial charge in [-0.25, -0.2) is 0 Å². The first-order valence-corrected chi connectivity index (χ1v) is 13.2. The summed E-state index contributed by atoms with van der Waals surface area (Å²) in [6, 6.07) is 31.2. The number of fused-ring (bicyclic) bond motifs is 1. The van der Waals surface area contributed by atoms with Gasteiger partial charge in [0.2, 0.25) is 0 Å². The second-order valence-corrected chi connectivity index (χ2v) is 9.53. The van der Waals surface area contributed by atoms with Gasteiger partial charge in [-0.2, -0.15) is 0 Å². The topological polar surface area (TPSA) is 49.0 Å². The number of methoxy groups -OCH3 is 2. The number of hydrogen-bond acceptors (Lipinski definition) is 5. The Kier molecular flexibility index (Phi) is 8.46. The Hall–Kier alpha value is -3.96. The average Bonchev–Trinajstić information content (AvgIpc) is 2.98. The lowest BCUT2D eigenvalue weighted by Gasteiger charge is -2.28. The number of aryl methyl sites for hydroxylation is 1. The maximum absolute atomic E-state index is 6.16. The van der Waals surface area contributed by atoms with E-state index < -0.39 is 0 Å². The molecule has 0 spiro atoms. The Morgan fingerprint density at radius 3 is 1.92 bits per heavy atom. The summed E-state index contributed by atoms with van der Waals surface area (Å²) in [5.74, 6) is 3.09. The minimum atomic E-state index is 0.242. The van der Waals surface area contributed by atoms with Gasteiger partial charge in [-0.05, 0) is 77.9 Å². The molecular formula is C33H35NO4. The summed E-state index contributed by atoms with van der Waals surface area (Å²) < 4.78 is 23.6. The van der Waals surface area contributed by atoms with Crippen LogP contribution in [0.25, 0.3) is 0 Å². The van der Waals surface area contributed by atoms with Crippen LogP contribution in [-0.4, -0.2) is 20.8 Å². The van der Waals surface area contributed by atoms with Gasteiger partial charge < -0.3 is 24.3 Å². The molecule has 0 unspecified atom stereocenters. The molecule has 196 valence electrons. The zero-order valence-corrected chi connectivity index (χ0v) is 22.1. The van der Waals surface area contributed by atoms with Crippen molar-refractivity contribution in [2.75, 3.05) is 20.8 Å². The minimum Gasteiger partial charge on any atom is -0.493 e. The van der Waals surface area contributed by atoms with Crippen LogP contribution in [-0.2, 0) is 26.1 Å². The van der Waals surface area contributed by atoms with Crippen molar-refractivity contribution in [3.05, 3.63) is 119 Å². The first kappa shape index (κ1) is 25.7. The number of rotatable bonds is 11. The van der Waals surface area contributed by atoms with Gasteiger partial charge >= 0.3 is 0 Å². The minimum absolute atomic E-state index is 0.242. The Morgan fingerprint density at radius 1 is 0.658 bits per heavy atom. The van der Waals surface area contributed by atoms with Gasteiger partial charge in [-0.1, -0.05) is 66.7 Å². The molecule has 0 saturated heterocycles. The van der Waals surface area contributed by atoms with Crippen molar-refractivity contribution in [3.63, 3.8) is 0 Å². The summed E-state index contributed by atoms with van der Waals surface area (Å²) in [6.45, 7) is 1.96. The molecule has 5 nitrogen and oxygen atoms in total. The molecule has 4 aromatic carbocycles. The van der Waals surface area contributed by atoms with E-state index in [1.807, 2.05) is 42.5 Å². The van der Waals surface area contributed by atoms with Crippen LogP contribution in [0.15, 0.2) is 91.0 Å². The highest BCUT2D eigenvalue weighted by Gasteiger charge is 2.23. The first-order chi connectivity index (χ1) is 18.7. The van der Waals surface area contributed by atoms with Crippen LogP contribution >= 0.6 is 0 Å². The number of ether oxygens (including phenoxy) is 4. The summed E-state index contributed by atoms with van der Waals surface area (Å²) in [4.78, 5) is 0. The van der Waals surface area contributed by atoms with Gasteiger partial charge in [0.1, 0.15) is 13.2 Å². The zero-order chi connectivity index (χ0) is 26.2. The van der Waals surface area contributed by atoms with E-state index in [0.717, 1.165) is 59.9 Å². The largest absolute Gasteiger partial charge is 0.493 e. The van der Waals surface area contributed by atoms with E-state index in [0.29, 0.717) is 13.2 Å². The van der Waals surface area contributed by atoms with Crippen molar-refractivity contribution in [2.24, 2.45) is 0 Å². The van der Waals surface area contributed by atoms with Crippen molar-refractivity contribution in [1.82, 2.24) is 5.32 Å². The number of nitrogens with one attached hydrogen (secondary N) is 1. The summed E-state index contributed by atoms with van der Waals surface area (Å²) in [5, 5.41) is 3.71. The fourth-order valence-corrected chi connectivity index (χ4v) is 4.95. The summed E-state index contributed by atoms with van der Waals surface area (Å²) >= 11 is 0. The van der Waals surface area contributed by atoms with Crippen LogP contribution < -0.4 is 24.3 Å². The predicted octanol–water partition coefficient (Wildman–Crippen LogP) is 6.68. The summed E-state index contributed by atoms with van der Waals surface area (Å²) in [5.41, 5.74) is 6.09. The molecule has 1 N–H and O–H groups in total. The molecule has 0 amide bonds. The van der Waals surface area contributed by atoms with Gasteiger partial charge in [-0.15, -0.1) is 0 Å². The molecule has 0 saturated carbocycles. The highest BCUT2D eigenvalue weighted by atomic mass is 16.5. The Labute approximate surface area is 225 Å². The third kappa shape index (κ3) is 6.29. The molecule has 1 aliphatic heterocycles. The average molecular weight is 510 g/mol. The smallest absolute Gasteiger partial charge is 0.161 e. The van der Waals surface area contributed by atoms with Crippen molar-refractivity contribution < 1.29 is 18.9 Å². The van der Waals surface area contributed by atoms with E-state index in [9.17, 15) is 0 Å². The molecular weight excluding hydrogens is 474 g/mol. The lowest BCUT2D eigenvalue weighted by Crippen LogP contribution is -2.30. The summed E-state index contributed by atoms with van der Waals surface area (Å²) in [6.07, 6.45) is 2.85. The maximum Gasteiger partial charge on any atom is 0.161 e. The molecule has 38 heavy (non-hydrogen) atoms. The highest BCUT2D eigenvalue weighted by Crippen LogP contribution is 2.37. The van der Waals surface area contributed by atoms with Gasteiger partial charge in [0, 0.05) is 6.04 Å². The van der Waals surface area contributed by atoms with E-state index in [2.05, 4.69) is 53.8 Å². The molecule has 0 aromatic heterocycles. The molecule has 0 fully saturated rings. The molecule has 0 bridgehead atoms. The van der Waals surface area contributed by atoms with Crippen LogP contribution in [0.1, 0.15) is 40.3 Å². The van der Waals surface area contributed by atoms with Crippen LogP contribution in [0.5, 0.6) is 23.0 Å². The number of hydrogen-bond donors (Lipinski definition) is 1. The number of benzene rings is 4. The van der Waals surface area contributed by atoms with Gasteiger partial charge in [0.15, 0.2) is 23.0 Å². The second-order valence-electron chi connectivity index (χ2n) is 9.53. The molecule has 1 atom stereocenters. The Morgan fingerprint density at radius 2 is 1.29 bits per heavy atom. The predicted molar refractivity (Wildman–Crippen MR) is 150 cm³/mol. The van der Waals surface area contributed by atoms with E-state index in [1.165, 1.54) is 16.7 Å². The Balaban J connectivity index is 1.27. The van der Waals surface area contributed by atoms with E-state index in [4.69, 9.17) is 18.9 Å². The van der Waals surface area contributed by atoms with Crippen molar-refractivity contribution in [1.29, 1.82) is 0 Å². The Bertz CT molecular complexity index is 1320. The van der Waals surface area contributed by atoms with E-state index in [1.54, 1.807) is 14.2 Å². The molecule has 1 aliphatic rings. The van der Waals surface area contributed by atoms with Crippen molar-refractivity contribution in [2.45, 2.75) is 38.5 Å². The van der Waals surface area contributed by atoms with Crippen LogP contribution in [0.3, 0.4) is 0 Å². The van der Waals surface area contributed by atoms with E-state index >= 15 is 0 Å². The third-order valence-corrected chi connectivity index (χ3v) is 7.01. The molecule has 0 aliphatic carbocycles. The first-order valence-electron chi connectivity index (χ1n) is 13.2. The fourth-order valence-electron chi connectivity index (χ4n) is 4.95. The second kappa shape index (κ2) is 12.5. The van der Waals surface area contributed by atoms with Crippen molar-refractivity contribution >= 4 is 0 Å². The fraction of sp³-hybridized carbons (Fsp3) is 0.273. The third-order valence-electron chi connectivity index (χ3n) is 7.01. The molecule has 1 heterocycles. The standard InChI is InChI=1S/C33H35NO4/c1-35-30-16-14-24(19-32(30)37-22-25-9-5-3-6-10-25)13-15-29-28-21-31(36-2)33(20-27(28)17-18-34-29)38-23-26-11-7-4-8-12-26/h3-12,14,16,19-21,29,34H,13,15,17-18,22-23H2,1-2H3/t29-/m0/s1. The molecule has 0 radical (unpaired) electrons. The monoisotopic (exact) mass is 509 g/mol. The maximum atomic E-state index is 6.16. The van der Waals surface area contributed by atoms with Crippen LogP contribution in [0.2, 0.25) is 0 Å². The van der Waals surface area contributed by atoms with Crippen molar-refractivity contribution in [3.8, 4) is 23.0 Å². The van der Waals surface area contributed by atoms with Crippen LogP contribution in [0.4, 0.5) is 0 Å². The summed E-state index contributed by atoms with van der Waals surface area (Å²) in [7, 11) is 3.38. The van der Waals surface area contributed by atoms with Gasteiger partial charge in [0.05, 0.1) is 14.2 Å². The molecule has 4 aromatic rings. The molecule has 5 heteroatoms. The lowest BCUT2D eigenvalue weighted by molar-refractivity contribution is 0.283. The SMILES string of the molecule is COc1ccc(CC[C@@H]2NCCc3cc(OCc4ccccc4)c(OC)cc32)cc1OCc1ccccc1. The van der Waals surface area contributed by atoms with Gasteiger partial charge in [-0.3, -0.25) is 0 Å². The molecule has 5 rings (SSSR count). The van der Waals surface area contributed by atoms with Gasteiger partial charge in [0.25, 0.3) is 0 Å². The quantitative estimate of drug-likeness (QED) is 0.244. The lowest BCUT2D eigenvalue weighted by atomic mass is 9.90. The zero-order valence-electron chi connectivity index (χ0n) is 22.1. The normalized spacial score (nSPS) is 14.4. The van der Waals surface area contributed by atoms with E-state index in [-0.39, 0.29) is 6.04 Å². The van der Waals surface area contributed by atoms with Crippen LogP contribution in [0, 0.1) is 0 Å². The highest BCUT2D eigenvalue weighted by molar-refractivity contribution is 5.50.